The third-order valence-electron chi connectivity index (χ3n) is 8.80. The zero-order chi connectivity index (χ0) is 23.8. The highest BCUT2D eigenvalue weighted by molar-refractivity contribution is 5.86. The number of ether oxygens (including phenoxy) is 3. The van der Waals surface area contributed by atoms with Crippen LogP contribution >= 0.6 is 0 Å². The van der Waals surface area contributed by atoms with E-state index in [4.69, 9.17) is 14.2 Å². The summed E-state index contributed by atoms with van der Waals surface area (Å²) in [6.45, 7) is 5.13. The third-order valence-corrected chi connectivity index (χ3v) is 8.80. The van der Waals surface area contributed by atoms with E-state index < -0.39 is 40.5 Å². The molecule has 1 aromatic carbocycles. The lowest BCUT2D eigenvalue weighted by atomic mass is 9.47. The molecule has 2 N–H and O–H groups in total. The summed E-state index contributed by atoms with van der Waals surface area (Å²) in [5.41, 5.74) is -1.28. The highest BCUT2D eigenvalue weighted by Gasteiger charge is 2.82. The van der Waals surface area contributed by atoms with Crippen molar-refractivity contribution in [2.24, 2.45) is 5.41 Å². The van der Waals surface area contributed by atoms with Gasteiger partial charge in [0.2, 0.25) is 5.60 Å². The minimum atomic E-state index is -2.06. The number of carbonyl (C=O) groups is 2. The van der Waals surface area contributed by atoms with E-state index in [0.717, 1.165) is 30.8 Å². The topological polar surface area (TPSA) is 89.7 Å². The maximum Gasteiger partial charge on any atom is 0.344 e. The molecule has 0 amide bonds. The lowest BCUT2D eigenvalue weighted by molar-refractivity contribution is -0.920. The molecule has 0 bridgehead atoms. The Morgan fingerprint density at radius 2 is 2.06 bits per heavy atom. The van der Waals surface area contributed by atoms with Crippen molar-refractivity contribution in [3.63, 3.8) is 0 Å². The average Bonchev–Trinajstić information content (AvgIpc) is 3.32. The Kier molecular flexibility index (Phi) is 4.85. The number of quaternary nitrogens is 1. The first-order valence-corrected chi connectivity index (χ1v) is 11.6. The Balaban J connectivity index is 1.86. The Morgan fingerprint density at radius 1 is 1.30 bits per heavy atom. The number of likely N-dealkylation sites (N-methyl/N-ethyl adjacent to an activating group) is 1. The summed E-state index contributed by atoms with van der Waals surface area (Å²) in [7, 11) is 4.79. The molecule has 3 aliphatic heterocycles. The SMILES string of the molecule is CC[C@]12C=CC[NH+]3CC[C@@]4(c5ccc(OC)cc5N(C)[C@@H]4[C@](O)(C(=O)OC)[C@@H]1OC(C)=O)[C@H]32. The van der Waals surface area contributed by atoms with E-state index in [0.29, 0.717) is 12.2 Å². The van der Waals surface area contributed by atoms with Gasteiger partial charge in [-0.2, -0.15) is 0 Å². The first kappa shape index (κ1) is 22.2. The smallest absolute Gasteiger partial charge is 0.344 e. The summed E-state index contributed by atoms with van der Waals surface area (Å²) in [5.74, 6) is -0.592. The summed E-state index contributed by atoms with van der Waals surface area (Å²) in [6, 6.07) is 5.36. The van der Waals surface area contributed by atoms with Gasteiger partial charge in [0.1, 0.15) is 11.8 Å². The normalized spacial score (nSPS) is 40.0. The lowest BCUT2D eigenvalue weighted by Crippen LogP contribution is -3.18. The van der Waals surface area contributed by atoms with Gasteiger partial charge in [0.05, 0.1) is 44.2 Å². The van der Waals surface area contributed by atoms with Gasteiger partial charge in [-0.3, -0.25) is 4.79 Å². The highest BCUT2D eigenvalue weighted by atomic mass is 16.6. The monoisotopic (exact) mass is 457 g/mol. The molecule has 7 atom stereocenters. The number of hydrogen-bond donors (Lipinski definition) is 2. The number of benzene rings is 1. The average molecular weight is 458 g/mol. The number of carbonyl (C=O) groups excluding carboxylic acids is 2. The van der Waals surface area contributed by atoms with Crippen molar-refractivity contribution in [2.75, 3.05) is 39.3 Å². The van der Waals surface area contributed by atoms with Crippen molar-refractivity contribution >= 4 is 17.6 Å². The van der Waals surface area contributed by atoms with Crippen LogP contribution in [0, 0.1) is 5.41 Å². The van der Waals surface area contributed by atoms with Gasteiger partial charge in [-0.25, -0.2) is 4.79 Å². The number of nitrogens with one attached hydrogen (secondary N) is 1. The first-order chi connectivity index (χ1) is 15.7. The number of methoxy groups -OCH3 is 2. The predicted molar refractivity (Wildman–Crippen MR) is 120 cm³/mol. The standard InChI is InChI=1S/C25H32N2O6/c1-6-23-10-7-12-27-13-11-24(19(23)27)17-9-8-16(31-4)14-18(17)26(3)20(24)25(30,22(29)32-5)21(23)33-15(2)28/h7-10,14,19-21,30H,6,11-13H2,1-5H3/p+1/t19-,20+,21-,23-,24-,25-/m1/s1. The van der Waals surface area contributed by atoms with Gasteiger partial charge in [0, 0.05) is 32.1 Å². The van der Waals surface area contributed by atoms with Gasteiger partial charge in [-0.15, -0.1) is 0 Å². The third kappa shape index (κ3) is 2.48. The predicted octanol–water partition coefficient (Wildman–Crippen LogP) is 0.224. The van der Waals surface area contributed by atoms with Crippen LogP contribution in [0.1, 0.15) is 32.3 Å². The van der Waals surface area contributed by atoms with E-state index >= 15 is 0 Å². The Morgan fingerprint density at radius 3 is 2.70 bits per heavy atom. The van der Waals surface area contributed by atoms with E-state index in [9.17, 15) is 14.7 Å². The number of anilines is 1. The molecule has 0 aromatic heterocycles. The molecule has 33 heavy (non-hydrogen) atoms. The largest absolute Gasteiger partial charge is 0.497 e. The minimum absolute atomic E-state index is 0.0244. The second-order valence-electron chi connectivity index (χ2n) is 9.91. The van der Waals surface area contributed by atoms with Gasteiger partial charge >= 0.3 is 11.9 Å². The van der Waals surface area contributed by atoms with Crippen LogP contribution in [-0.4, -0.2) is 75.2 Å². The number of nitrogens with zero attached hydrogens (tertiary/aromatic N) is 1. The fraction of sp³-hybridized carbons (Fsp3) is 0.600. The van der Waals surface area contributed by atoms with Gasteiger partial charge in [-0.05, 0) is 24.1 Å². The molecule has 3 heterocycles. The molecule has 1 unspecified atom stereocenters. The van der Waals surface area contributed by atoms with Gasteiger partial charge in [0.15, 0.2) is 6.10 Å². The fourth-order valence-corrected chi connectivity index (χ4v) is 7.90. The maximum atomic E-state index is 13.5. The Labute approximate surface area is 194 Å². The molecule has 8 heteroatoms. The molecule has 1 aliphatic carbocycles. The molecule has 5 rings (SSSR count). The molecule has 1 spiro atoms. The van der Waals surface area contributed by atoms with Crippen molar-refractivity contribution in [2.45, 2.75) is 55.9 Å². The molecule has 4 aliphatic rings. The van der Waals surface area contributed by atoms with Crippen LogP contribution in [0.4, 0.5) is 5.69 Å². The van der Waals surface area contributed by atoms with Crippen molar-refractivity contribution in [3.05, 3.63) is 35.9 Å². The molecule has 1 saturated carbocycles. The second kappa shape index (κ2) is 7.21. The molecule has 178 valence electrons. The van der Waals surface area contributed by atoms with Crippen molar-refractivity contribution < 1.29 is 33.8 Å². The zero-order valence-corrected chi connectivity index (χ0v) is 19.9. The van der Waals surface area contributed by atoms with Crippen LogP contribution in [0.5, 0.6) is 5.75 Å². The number of esters is 2. The summed E-state index contributed by atoms with van der Waals surface area (Å²) in [5, 5.41) is 12.5. The van der Waals surface area contributed by atoms with Crippen LogP contribution in [0.15, 0.2) is 30.4 Å². The Bertz CT molecular complexity index is 1040. The van der Waals surface area contributed by atoms with Crippen LogP contribution in [0.3, 0.4) is 0 Å². The van der Waals surface area contributed by atoms with E-state index in [1.54, 1.807) is 7.11 Å². The molecule has 8 nitrogen and oxygen atoms in total. The highest BCUT2D eigenvalue weighted by Crippen LogP contribution is 2.64. The maximum absolute atomic E-state index is 13.5. The van der Waals surface area contributed by atoms with Crippen LogP contribution in [-0.2, 0) is 24.5 Å². The first-order valence-electron chi connectivity index (χ1n) is 11.6. The van der Waals surface area contributed by atoms with Crippen molar-refractivity contribution in [3.8, 4) is 5.75 Å². The van der Waals surface area contributed by atoms with Crippen LogP contribution in [0.2, 0.25) is 0 Å². The van der Waals surface area contributed by atoms with E-state index in [2.05, 4.69) is 18.2 Å². The number of aliphatic hydroxyl groups is 1. The minimum Gasteiger partial charge on any atom is -0.497 e. The summed E-state index contributed by atoms with van der Waals surface area (Å²) in [4.78, 5) is 29.2. The number of fused-ring (bicyclic) bond motifs is 1. The fourth-order valence-electron chi connectivity index (χ4n) is 7.90. The van der Waals surface area contributed by atoms with E-state index in [1.165, 1.54) is 18.9 Å². The molecule has 1 aromatic rings. The summed E-state index contributed by atoms with van der Waals surface area (Å²) < 4.78 is 16.6. The molecular formula is C25H33N2O6+. The number of hydrogen-bond acceptors (Lipinski definition) is 7. The Hall–Kier alpha value is -2.58. The van der Waals surface area contributed by atoms with E-state index in [-0.39, 0.29) is 6.04 Å². The second-order valence-corrected chi connectivity index (χ2v) is 9.91. The van der Waals surface area contributed by atoms with Crippen LogP contribution in [0.25, 0.3) is 0 Å². The quantitative estimate of drug-likeness (QED) is 0.494. The van der Waals surface area contributed by atoms with E-state index in [1.807, 2.05) is 31.0 Å². The van der Waals surface area contributed by atoms with Crippen LogP contribution < -0.4 is 14.5 Å². The van der Waals surface area contributed by atoms with Gasteiger partial charge in [0.25, 0.3) is 0 Å². The zero-order valence-electron chi connectivity index (χ0n) is 19.9. The summed E-state index contributed by atoms with van der Waals surface area (Å²) >= 11 is 0. The lowest BCUT2D eigenvalue weighted by Gasteiger charge is -2.61. The van der Waals surface area contributed by atoms with Gasteiger partial charge < -0.3 is 29.1 Å². The summed E-state index contributed by atoms with van der Waals surface area (Å²) in [6.07, 6.45) is 4.53. The van der Waals surface area contributed by atoms with Gasteiger partial charge in [-0.1, -0.05) is 19.1 Å². The molecule has 1 saturated heterocycles. The molecule has 2 fully saturated rings. The van der Waals surface area contributed by atoms with Crippen molar-refractivity contribution in [1.82, 2.24) is 0 Å². The number of rotatable bonds is 4. The molecule has 0 radical (unpaired) electrons. The molecular weight excluding hydrogens is 424 g/mol. The van der Waals surface area contributed by atoms with Crippen molar-refractivity contribution in [1.29, 1.82) is 0 Å².